The highest BCUT2D eigenvalue weighted by atomic mass is 32.2. The largest absolute Gasteiger partial charge is 0.492 e. The average Bonchev–Trinajstić information content (AvgIpc) is 2.61. The van der Waals surface area contributed by atoms with E-state index in [-0.39, 0.29) is 25.5 Å². The van der Waals surface area contributed by atoms with Gasteiger partial charge in [-0.25, -0.2) is 12.8 Å². The van der Waals surface area contributed by atoms with Gasteiger partial charge in [0.2, 0.25) is 15.9 Å². The van der Waals surface area contributed by atoms with E-state index >= 15 is 0 Å². The van der Waals surface area contributed by atoms with Crippen molar-refractivity contribution in [3.05, 3.63) is 53.8 Å². The number of para-hydroxylation sites is 1. The van der Waals surface area contributed by atoms with Crippen LogP contribution >= 0.6 is 0 Å². The molecule has 1 heterocycles. The monoisotopic (exact) mass is 378 g/mol. The number of nitrogens with zero attached hydrogens (tertiary/aromatic N) is 1. The Morgan fingerprint density at radius 3 is 2.65 bits per heavy atom. The van der Waals surface area contributed by atoms with Crippen molar-refractivity contribution in [3.8, 4) is 5.75 Å². The van der Waals surface area contributed by atoms with E-state index in [0.29, 0.717) is 23.4 Å². The second-order valence-corrected chi connectivity index (χ2v) is 7.99. The standard InChI is InChI=1S/C18H19FN2O4S/c1-21(9-10-25-14-5-3-2-4-6-14)26(23,24)17-11-13-7-8-18(22)20-16(13)12-15(17)19/h2-6,11-12H,7-10H2,1H3,(H,20,22). The van der Waals surface area contributed by atoms with Crippen LogP contribution in [0.3, 0.4) is 0 Å². The van der Waals surface area contributed by atoms with Gasteiger partial charge in [0.1, 0.15) is 23.1 Å². The summed E-state index contributed by atoms with van der Waals surface area (Å²) in [6.45, 7) is 0.215. The van der Waals surface area contributed by atoms with Crippen molar-refractivity contribution in [2.45, 2.75) is 17.7 Å². The Bertz CT molecular complexity index is 916. The highest BCUT2D eigenvalue weighted by Crippen LogP contribution is 2.29. The van der Waals surface area contributed by atoms with E-state index in [2.05, 4.69) is 5.32 Å². The summed E-state index contributed by atoms with van der Waals surface area (Å²) in [4.78, 5) is 11.0. The normalized spacial score (nSPS) is 14.0. The molecule has 0 aliphatic carbocycles. The van der Waals surface area contributed by atoms with E-state index < -0.39 is 20.7 Å². The molecule has 2 aromatic rings. The summed E-state index contributed by atoms with van der Waals surface area (Å²) < 4.78 is 46.3. The van der Waals surface area contributed by atoms with Crippen molar-refractivity contribution >= 4 is 21.6 Å². The summed E-state index contributed by atoms with van der Waals surface area (Å²) in [5, 5.41) is 2.55. The van der Waals surface area contributed by atoms with E-state index in [9.17, 15) is 17.6 Å². The quantitative estimate of drug-likeness (QED) is 0.838. The van der Waals surface area contributed by atoms with E-state index in [1.807, 2.05) is 18.2 Å². The lowest BCUT2D eigenvalue weighted by molar-refractivity contribution is -0.116. The molecule has 138 valence electrons. The van der Waals surface area contributed by atoms with Gasteiger partial charge in [0.25, 0.3) is 0 Å². The van der Waals surface area contributed by atoms with Crippen molar-refractivity contribution < 1.29 is 22.3 Å². The van der Waals surface area contributed by atoms with Gasteiger partial charge in [-0.3, -0.25) is 4.79 Å². The molecule has 1 N–H and O–H groups in total. The predicted octanol–water partition coefficient (Wildman–Crippen LogP) is 2.41. The molecule has 0 bridgehead atoms. The molecule has 3 rings (SSSR count). The number of hydrogen-bond acceptors (Lipinski definition) is 4. The molecule has 1 aliphatic rings. The summed E-state index contributed by atoms with van der Waals surface area (Å²) >= 11 is 0. The van der Waals surface area contributed by atoms with Crippen LogP contribution in [-0.2, 0) is 21.2 Å². The second kappa shape index (κ2) is 7.43. The highest BCUT2D eigenvalue weighted by Gasteiger charge is 2.27. The summed E-state index contributed by atoms with van der Waals surface area (Å²) in [5.41, 5.74) is 0.936. The van der Waals surface area contributed by atoms with Crippen LogP contribution in [0.15, 0.2) is 47.4 Å². The van der Waals surface area contributed by atoms with Gasteiger partial charge >= 0.3 is 0 Å². The van der Waals surface area contributed by atoms with Crippen LogP contribution < -0.4 is 10.1 Å². The Morgan fingerprint density at radius 1 is 1.19 bits per heavy atom. The lowest BCUT2D eigenvalue weighted by Crippen LogP contribution is -2.32. The minimum Gasteiger partial charge on any atom is -0.492 e. The first kappa shape index (κ1) is 18.3. The van der Waals surface area contributed by atoms with Crippen molar-refractivity contribution in [1.82, 2.24) is 4.31 Å². The number of aryl methyl sites for hydroxylation is 1. The van der Waals surface area contributed by atoms with Gasteiger partial charge in [0.05, 0.1) is 0 Å². The first-order valence-corrected chi connectivity index (χ1v) is 9.58. The number of likely N-dealkylation sites (N-methyl/N-ethyl adjacent to an activating group) is 1. The maximum atomic E-state index is 14.4. The fourth-order valence-corrected chi connectivity index (χ4v) is 3.92. The van der Waals surface area contributed by atoms with Crippen molar-refractivity contribution in [1.29, 1.82) is 0 Å². The molecule has 0 spiro atoms. The van der Waals surface area contributed by atoms with Crippen LogP contribution in [-0.4, -0.2) is 38.8 Å². The van der Waals surface area contributed by atoms with Crippen molar-refractivity contribution in [2.75, 3.05) is 25.5 Å². The molecule has 0 unspecified atom stereocenters. The summed E-state index contributed by atoms with van der Waals surface area (Å²) in [5.74, 6) is -0.460. The maximum absolute atomic E-state index is 14.4. The number of hydrogen-bond donors (Lipinski definition) is 1. The first-order valence-electron chi connectivity index (χ1n) is 8.14. The van der Waals surface area contributed by atoms with Crippen molar-refractivity contribution in [2.24, 2.45) is 0 Å². The molecule has 0 fully saturated rings. The Balaban J connectivity index is 1.73. The average molecular weight is 378 g/mol. The molecular formula is C18H19FN2O4S. The SMILES string of the molecule is CN(CCOc1ccccc1)S(=O)(=O)c1cc2c(cc1F)NC(=O)CC2. The van der Waals surface area contributed by atoms with Crippen LogP contribution in [0.4, 0.5) is 10.1 Å². The van der Waals surface area contributed by atoms with Crippen LogP contribution in [0.25, 0.3) is 0 Å². The van der Waals surface area contributed by atoms with Crippen LogP contribution in [0, 0.1) is 5.82 Å². The van der Waals surface area contributed by atoms with Gasteiger partial charge in [-0.05, 0) is 36.2 Å². The van der Waals surface area contributed by atoms with Gasteiger partial charge in [-0.1, -0.05) is 18.2 Å². The Labute approximate surface area is 151 Å². The van der Waals surface area contributed by atoms with Gasteiger partial charge in [-0.15, -0.1) is 0 Å². The zero-order valence-corrected chi connectivity index (χ0v) is 15.1. The number of carbonyl (C=O) groups excluding carboxylic acids is 1. The molecule has 0 radical (unpaired) electrons. The number of fused-ring (bicyclic) bond motifs is 1. The number of amides is 1. The molecular weight excluding hydrogens is 359 g/mol. The van der Waals surface area contributed by atoms with E-state index in [1.165, 1.54) is 13.1 Å². The maximum Gasteiger partial charge on any atom is 0.245 e. The number of ether oxygens (including phenoxy) is 1. The molecule has 0 saturated heterocycles. The third-order valence-electron chi connectivity index (χ3n) is 4.16. The number of benzene rings is 2. The molecule has 2 aromatic carbocycles. The number of carbonyl (C=O) groups is 1. The topological polar surface area (TPSA) is 75.7 Å². The third kappa shape index (κ3) is 3.86. The van der Waals surface area contributed by atoms with Crippen LogP contribution in [0.5, 0.6) is 5.75 Å². The molecule has 1 amide bonds. The van der Waals surface area contributed by atoms with Gasteiger partial charge in [0.15, 0.2) is 0 Å². The fraction of sp³-hybridized carbons (Fsp3) is 0.278. The molecule has 26 heavy (non-hydrogen) atoms. The van der Waals surface area contributed by atoms with Gasteiger partial charge in [-0.2, -0.15) is 4.31 Å². The smallest absolute Gasteiger partial charge is 0.245 e. The second-order valence-electron chi connectivity index (χ2n) is 5.98. The number of sulfonamides is 1. The molecule has 8 heteroatoms. The lowest BCUT2D eigenvalue weighted by Gasteiger charge is -2.21. The fourth-order valence-electron chi connectivity index (χ4n) is 2.67. The third-order valence-corrected chi connectivity index (χ3v) is 6.03. The Morgan fingerprint density at radius 2 is 1.92 bits per heavy atom. The van der Waals surface area contributed by atoms with Crippen LogP contribution in [0.1, 0.15) is 12.0 Å². The molecule has 6 nitrogen and oxygen atoms in total. The molecule has 0 atom stereocenters. The van der Waals surface area contributed by atoms with Crippen molar-refractivity contribution in [3.63, 3.8) is 0 Å². The number of rotatable bonds is 6. The number of anilines is 1. The summed E-state index contributed by atoms with van der Waals surface area (Å²) in [7, 11) is -2.63. The van der Waals surface area contributed by atoms with Gasteiger partial charge in [0, 0.05) is 25.7 Å². The Kier molecular flexibility index (Phi) is 5.24. The lowest BCUT2D eigenvalue weighted by atomic mass is 10.0. The van der Waals surface area contributed by atoms with E-state index in [0.717, 1.165) is 10.4 Å². The van der Waals surface area contributed by atoms with Crippen LogP contribution in [0.2, 0.25) is 0 Å². The minimum atomic E-state index is -4.01. The van der Waals surface area contributed by atoms with Gasteiger partial charge < -0.3 is 10.1 Å². The predicted molar refractivity (Wildman–Crippen MR) is 95.1 cm³/mol. The minimum absolute atomic E-state index is 0.0739. The van der Waals surface area contributed by atoms with E-state index in [4.69, 9.17) is 4.74 Å². The Hall–Kier alpha value is -2.45. The molecule has 0 saturated carbocycles. The highest BCUT2D eigenvalue weighted by molar-refractivity contribution is 7.89. The number of halogens is 1. The zero-order valence-electron chi connectivity index (χ0n) is 14.2. The molecule has 0 aromatic heterocycles. The van der Waals surface area contributed by atoms with E-state index in [1.54, 1.807) is 12.1 Å². The molecule has 1 aliphatic heterocycles. The number of nitrogens with one attached hydrogen (secondary N) is 1. The summed E-state index contributed by atoms with van der Waals surface area (Å²) in [6.07, 6.45) is 0.629. The first-order chi connectivity index (χ1) is 12.4. The summed E-state index contributed by atoms with van der Waals surface area (Å²) in [6, 6.07) is 11.4. The zero-order chi connectivity index (χ0) is 18.7.